The van der Waals surface area contributed by atoms with Crippen LogP contribution in [0.15, 0.2) is 73.3 Å². The molecule has 0 saturated heterocycles. The van der Waals surface area contributed by atoms with Gasteiger partial charge in [0, 0.05) is 48.3 Å². The number of H-pyrrole nitrogens is 2. The predicted octanol–water partition coefficient (Wildman–Crippen LogP) is 0.782. The van der Waals surface area contributed by atoms with Crippen molar-refractivity contribution in [3.63, 3.8) is 0 Å². The van der Waals surface area contributed by atoms with Crippen LogP contribution < -0.4 is 103 Å². The van der Waals surface area contributed by atoms with Gasteiger partial charge in [-0.25, -0.2) is 9.78 Å². The van der Waals surface area contributed by atoms with E-state index in [4.69, 9.17) is 28.7 Å². The molecule has 708 valence electrons. The first-order valence-electron chi connectivity index (χ1n) is 44.8. The number of unbranched alkanes of at least 4 members (excludes halogenated alkanes) is 4. The molecule has 38 nitrogen and oxygen atoms in total. The van der Waals surface area contributed by atoms with E-state index in [1.54, 1.807) is 91.9 Å². The lowest BCUT2D eigenvalue weighted by atomic mass is 9.97. The molecule has 127 heavy (non-hydrogen) atoms. The molecule has 15 atom stereocenters. The van der Waals surface area contributed by atoms with Gasteiger partial charge in [0.25, 0.3) is 0 Å². The second-order valence-electron chi connectivity index (χ2n) is 34.9. The third kappa shape index (κ3) is 38.6. The highest BCUT2D eigenvalue weighted by Gasteiger charge is 2.40. The lowest BCUT2D eigenvalue weighted by molar-refractivity contribution is -0.143. The van der Waals surface area contributed by atoms with Crippen molar-refractivity contribution in [2.75, 3.05) is 32.7 Å². The van der Waals surface area contributed by atoms with Crippen molar-refractivity contribution in [2.24, 2.45) is 64.2 Å². The van der Waals surface area contributed by atoms with Gasteiger partial charge >= 0.3 is 5.97 Å². The first-order valence-corrected chi connectivity index (χ1v) is 44.8. The molecule has 2 aromatic carbocycles. The zero-order chi connectivity index (χ0) is 94.6. The number of aromatic amines is 2. The number of aromatic nitrogens is 3. The van der Waals surface area contributed by atoms with Gasteiger partial charge in [-0.05, 0) is 176 Å². The molecule has 4 aromatic rings. The standard InChI is InChI=1S/C89H146N22O16/c1-14-55(12)75(86(123)97-48-72(112)99-56(13)76(113)109-73(53(8)9)87(124)107-67(41-51(4)5)81(118)102-65(35-23-27-39-93)80(117)110-74(54(10)11)88(125)108-71(89(126)127)42-52(6)7)111-85(122)70(45-59-47-95-49-98-59)106-79(116)64(34-22-26-38-92)100-83(120)68(43-57-28-16-15-17-29-57)105-82(119)66(40-50(2)3)104-78(115)63(33-21-25-37-91)101-84(121)69(103-77(114)61(94)31-20-24-36-90)44-58-46-96-62-32-19-18-30-60(58)62/h15-19,28-30,32,46-47,49-56,61,63-71,73-75,96H,14,20-27,31,33-45,48,90-94H2,1-13H3,(H,95,98)(H,97,123)(H,99,112)(H,100,120)(H,101,121)(H,102,118)(H,103,114)(H,104,115)(H,105,119)(H,106,116)(H,107,124)(H,108,125)(H,109,113)(H,110,117)(H,111,122)(H,126,127)/t55-,56-,61-,63-,64-,65-,66-,67-,68-,69-,70-,71-,73-,74-,75-/m0/s1. The number of amides is 14. The summed E-state index contributed by atoms with van der Waals surface area (Å²) in [4.78, 5) is 223. The number of fused-ring (bicyclic) bond motifs is 1. The lowest BCUT2D eigenvalue weighted by Crippen LogP contribution is -2.61. The number of aliphatic carboxylic acids is 1. The molecule has 4 rings (SSSR count). The lowest BCUT2D eigenvalue weighted by Gasteiger charge is -2.29. The Morgan fingerprint density at radius 1 is 0.386 bits per heavy atom. The maximum atomic E-state index is 15.1. The molecule has 0 saturated carbocycles. The highest BCUT2D eigenvalue weighted by molar-refractivity contribution is 6.01. The SMILES string of the molecule is CC[C@H](C)[C@H](NC(=O)[C@H](Cc1cnc[nH]1)NC(=O)[C@H](CCCCN)NC(=O)[C@H](Cc1ccccc1)NC(=O)[C@H](CC(C)C)NC(=O)[C@H](CCCCN)NC(=O)[C@H](Cc1c[nH]c2ccccc12)NC(=O)[C@@H](N)CCCCN)C(=O)NCC(=O)N[C@@H](C)C(=O)N[C@H](C(=O)N[C@@H](CC(C)C)C(=O)N[C@@H](CCCCN)C(=O)N[C@H](C(=O)N[C@@H](CC(C)C)C(=O)O)C(C)C)C(C)C. The van der Waals surface area contributed by atoms with Crippen LogP contribution in [0, 0.1) is 35.5 Å². The second-order valence-corrected chi connectivity index (χ2v) is 34.9. The Bertz CT molecular complexity index is 4140. The van der Waals surface area contributed by atoms with Gasteiger partial charge in [0.2, 0.25) is 82.7 Å². The van der Waals surface area contributed by atoms with Gasteiger partial charge in [-0.1, -0.05) is 144 Å². The molecule has 0 aliphatic heterocycles. The first-order chi connectivity index (χ1) is 60.2. The topological polar surface area (TPSA) is 619 Å². The van der Waals surface area contributed by atoms with Crippen LogP contribution in [-0.4, -0.2) is 226 Å². The van der Waals surface area contributed by atoms with Crippen molar-refractivity contribution in [3.05, 3.63) is 90.1 Å². The number of para-hydroxylation sites is 1. The summed E-state index contributed by atoms with van der Waals surface area (Å²) < 4.78 is 0. The molecule has 0 bridgehead atoms. The van der Waals surface area contributed by atoms with E-state index in [0.29, 0.717) is 87.6 Å². The van der Waals surface area contributed by atoms with Crippen molar-refractivity contribution in [3.8, 4) is 0 Å². The van der Waals surface area contributed by atoms with Crippen LogP contribution in [-0.2, 0) is 91.2 Å². The van der Waals surface area contributed by atoms with Gasteiger partial charge in [-0.3, -0.25) is 67.1 Å². The number of carbonyl (C=O) groups is 15. The third-order valence-electron chi connectivity index (χ3n) is 21.8. The highest BCUT2D eigenvalue weighted by Crippen LogP contribution is 2.22. The molecule has 0 aliphatic rings. The monoisotopic (exact) mass is 1780 g/mol. The van der Waals surface area contributed by atoms with Crippen LogP contribution in [0.3, 0.4) is 0 Å². The van der Waals surface area contributed by atoms with Crippen LogP contribution in [0.1, 0.15) is 210 Å². The van der Waals surface area contributed by atoms with Crippen molar-refractivity contribution in [1.82, 2.24) is 89.4 Å². The number of carboxylic acid groups (broad SMARTS) is 1. The summed E-state index contributed by atoms with van der Waals surface area (Å²) in [6.07, 6.45) is 8.87. The number of nitrogens with one attached hydrogen (secondary N) is 16. The van der Waals surface area contributed by atoms with Crippen LogP contribution in [0.5, 0.6) is 0 Å². The summed E-state index contributed by atoms with van der Waals surface area (Å²) in [6.45, 7) is 22.7. The van der Waals surface area contributed by atoms with Crippen LogP contribution in [0.2, 0.25) is 0 Å². The molecule has 0 unspecified atom stereocenters. The van der Waals surface area contributed by atoms with E-state index in [0.717, 1.165) is 10.9 Å². The van der Waals surface area contributed by atoms with Crippen LogP contribution in [0.4, 0.5) is 0 Å². The summed E-state index contributed by atoms with van der Waals surface area (Å²) in [7, 11) is 0. The number of nitrogens with zero attached hydrogens (tertiary/aromatic N) is 1. The second kappa shape index (κ2) is 57.0. The Morgan fingerprint density at radius 3 is 1.24 bits per heavy atom. The minimum absolute atomic E-state index is 0.0123. The smallest absolute Gasteiger partial charge is 0.326 e. The molecular formula is C89H146N22O16. The molecule has 0 spiro atoms. The molecule has 27 N–H and O–H groups in total. The van der Waals surface area contributed by atoms with Gasteiger partial charge in [0.1, 0.15) is 78.5 Å². The number of rotatable bonds is 61. The van der Waals surface area contributed by atoms with Crippen LogP contribution >= 0.6 is 0 Å². The van der Waals surface area contributed by atoms with E-state index >= 15 is 4.79 Å². The maximum absolute atomic E-state index is 15.1. The van der Waals surface area contributed by atoms with E-state index in [9.17, 15) is 72.2 Å². The van der Waals surface area contributed by atoms with Gasteiger partial charge < -0.3 is 118 Å². The van der Waals surface area contributed by atoms with Gasteiger partial charge in [-0.15, -0.1) is 0 Å². The van der Waals surface area contributed by atoms with E-state index in [1.807, 2.05) is 52.0 Å². The van der Waals surface area contributed by atoms with Crippen molar-refractivity contribution in [1.29, 1.82) is 0 Å². The average molecular weight is 1780 g/mol. The van der Waals surface area contributed by atoms with E-state index in [2.05, 4.69) is 89.4 Å². The van der Waals surface area contributed by atoms with E-state index in [-0.39, 0.29) is 95.2 Å². The third-order valence-corrected chi connectivity index (χ3v) is 21.8. The number of carbonyl (C=O) groups excluding carboxylic acids is 14. The number of carboxylic acids is 1. The predicted molar refractivity (Wildman–Crippen MR) is 483 cm³/mol. The summed E-state index contributed by atoms with van der Waals surface area (Å²) in [5.41, 5.74) is 32.2. The largest absolute Gasteiger partial charge is 0.480 e. The molecular weight excluding hydrogens is 1630 g/mol. The zero-order valence-corrected chi connectivity index (χ0v) is 76.4. The molecule has 0 radical (unpaired) electrons. The maximum Gasteiger partial charge on any atom is 0.326 e. The fraction of sp³-hybridized carbons (Fsp3) is 0.640. The molecule has 38 heteroatoms. The summed E-state index contributed by atoms with van der Waals surface area (Å²) in [5.74, 6) is -14.2. The Kier molecular flexibility index (Phi) is 48.6. The Morgan fingerprint density at radius 2 is 0.772 bits per heavy atom. The molecule has 2 aromatic heterocycles. The highest BCUT2D eigenvalue weighted by atomic mass is 16.4. The van der Waals surface area contributed by atoms with Crippen molar-refractivity contribution < 1.29 is 77.0 Å². The van der Waals surface area contributed by atoms with Gasteiger partial charge in [-0.2, -0.15) is 0 Å². The number of hydrogen-bond donors (Lipinski definition) is 22. The fourth-order valence-corrected chi connectivity index (χ4v) is 14.3. The van der Waals surface area contributed by atoms with E-state index < -0.39 is 198 Å². The minimum atomic E-state index is -1.47. The number of benzene rings is 2. The number of hydrogen-bond acceptors (Lipinski definition) is 21. The number of nitrogens with two attached hydrogens (primary N) is 5. The summed E-state index contributed by atoms with van der Waals surface area (Å²) in [6, 6.07) is -1.69. The first kappa shape index (κ1) is 108. The summed E-state index contributed by atoms with van der Waals surface area (Å²) >= 11 is 0. The molecule has 0 fully saturated rings. The van der Waals surface area contributed by atoms with E-state index in [1.165, 1.54) is 19.4 Å². The minimum Gasteiger partial charge on any atom is -0.480 e. The average Bonchev–Trinajstić information content (AvgIpc) is 1.69. The molecule has 0 aliphatic carbocycles. The fourth-order valence-electron chi connectivity index (χ4n) is 14.3. The Hall–Kier alpha value is -11.0. The number of imidazole rings is 1. The van der Waals surface area contributed by atoms with Gasteiger partial charge in [0.15, 0.2) is 0 Å². The summed E-state index contributed by atoms with van der Waals surface area (Å²) in [5, 5.41) is 48.8. The van der Waals surface area contributed by atoms with Crippen LogP contribution in [0.25, 0.3) is 10.9 Å². The quantitative estimate of drug-likeness (QED) is 0.0272. The van der Waals surface area contributed by atoms with Crippen molar-refractivity contribution in [2.45, 2.75) is 297 Å². The molecule has 2 heterocycles. The molecule has 14 amide bonds. The van der Waals surface area contributed by atoms with Gasteiger partial charge in [0.05, 0.1) is 18.9 Å². The normalized spacial score (nSPS) is 15.0. The Labute approximate surface area is 746 Å². The Balaban J connectivity index is 1.54. The zero-order valence-electron chi connectivity index (χ0n) is 76.4. The van der Waals surface area contributed by atoms with Crippen molar-refractivity contribution >= 4 is 99.6 Å².